The zero-order valence-electron chi connectivity index (χ0n) is 28.5. The van der Waals surface area contributed by atoms with E-state index in [0.29, 0.717) is 0 Å². The third-order valence-corrected chi connectivity index (χ3v) is 10.4. The van der Waals surface area contributed by atoms with Crippen molar-refractivity contribution in [3.8, 4) is 27.9 Å². The summed E-state index contributed by atoms with van der Waals surface area (Å²) in [5.41, 5.74) is 11.7. The highest BCUT2D eigenvalue weighted by Gasteiger charge is 2.19. The van der Waals surface area contributed by atoms with Crippen molar-refractivity contribution in [3.63, 3.8) is 0 Å². The Morgan fingerprint density at radius 3 is 1.75 bits per heavy atom. The number of aromatic nitrogens is 1. The summed E-state index contributed by atoms with van der Waals surface area (Å²) >= 11 is 0. The molecule has 2 heteroatoms. The van der Waals surface area contributed by atoms with Gasteiger partial charge < -0.3 is 9.47 Å². The first-order chi connectivity index (χ1) is 25.8. The number of hydrogen-bond acceptors (Lipinski definition) is 1. The molecule has 0 aliphatic carbocycles. The summed E-state index contributed by atoms with van der Waals surface area (Å²) in [5, 5.41) is 7.53. The normalized spacial score (nSPS) is 11.5. The number of anilines is 3. The molecule has 0 unspecified atom stereocenters. The molecule has 0 amide bonds. The molecule has 1 heterocycles. The molecule has 0 spiro atoms. The van der Waals surface area contributed by atoms with Crippen molar-refractivity contribution in [2.24, 2.45) is 0 Å². The highest BCUT2D eigenvalue weighted by Crippen LogP contribution is 2.42. The van der Waals surface area contributed by atoms with E-state index in [1.807, 2.05) is 0 Å². The molecule has 10 rings (SSSR count). The topological polar surface area (TPSA) is 8.17 Å². The number of nitrogens with zero attached hydrogens (tertiary/aromatic N) is 2. The van der Waals surface area contributed by atoms with Gasteiger partial charge in [-0.25, -0.2) is 0 Å². The van der Waals surface area contributed by atoms with Crippen molar-refractivity contribution in [3.05, 3.63) is 206 Å². The molecule has 0 atom stereocenters. The zero-order chi connectivity index (χ0) is 34.4. The van der Waals surface area contributed by atoms with Gasteiger partial charge in [-0.1, -0.05) is 152 Å². The predicted molar refractivity (Wildman–Crippen MR) is 221 cm³/mol. The lowest BCUT2D eigenvalue weighted by Crippen LogP contribution is -2.11. The molecule has 0 saturated carbocycles. The quantitative estimate of drug-likeness (QED) is 0.172. The highest BCUT2D eigenvalue weighted by atomic mass is 15.1. The van der Waals surface area contributed by atoms with Crippen LogP contribution in [0, 0.1) is 0 Å². The van der Waals surface area contributed by atoms with Gasteiger partial charge in [-0.15, -0.1) is 0 Å². The van der Waals surface area contributed by atoms with Gasteiger partial charge in [0.1, 0.15) is 0 Å². The molecule has 2 nitrogen and oxygen atoms in total. The Morgan fingerprint density at radius 2 is 0.942 bits per heavy atom. The first-order valence-corrected chi connectivity index (χ1v) is 17.9. The molecule has 9 aromatic carbocycles. The van der Waals surface area contributed by atoms with E-state index >= 15 is 0 Å². The summed E-state index contributed by atoms with van der Waals surface area (Å²) in [5.74, 6) is 0. The fraction of sp³-hybridized carbons (Fsp3) is 0. The maximum atomic E-state index is 2.43. The highest BCUT2D eigenvalue weighted by molar-refractivity contribution is 6.18. The van der Waals surface area contributed by atoms with Gasteiger partial charge in [-0.3, -0.25) is 0 Å². The Balaban J connectivity index is 1.13. The van der Waals surface area contributed by atoms with Crippen molar-refractivity contribution in [2.45, 2.75) is 0 Å². The van der Waals surface area contributed by atoms with Crippen molar-refractivity contribution < 1.29 is 0 Å². The molecule has 0 saturated heterocycles. The lowest BCUT2D eigenvalue weighted by molar-refractivity contribution is 1.18. The molecule has 244 valence electrons. The SMILES string of the molecule is c1ccc(-c2ccccc2N(c2ccc(-c3ccc4ccccc4c3)cc2)c2ccc(-n3c4ccccc4c4ccc5ccccc5c43)cc2)cc1. The maximum Gasteiger partial charge on any atom is 0.0619 e. The van der Waals surface area contributed by atoms with Crippen LogP contribution >= 0.6 is 0 Å². The average Bonchev–Trinajstić information content (AvgIpc) is 3.57. The molecular weight excluding hydrogens is 629 g/mol. The summed E-state index contributed by atoms with van der Waals surface area (Å²) in [6.45, 7) is 0. The number of para-hydroxylation sites is 2. The second-order valence-corrected chi connectivity index (χ2v) is 13.4. The van der Waals surface area contributed by atoms with Crippen LogP contribution in [0.3, 0.4) is 0 Å². The van der Waals surface area contributed by atoms with Crippen molar-refractivity contribution >= 4 is 60.4 Å². The fourth-order valence-corrected chi connectivity index (χ4v) is 7.88. The Morgan fingerprint density at radius 1 is 0.346 bits per heavy atom. The van der Waals surface area contributed by atoms with Crippen molar-refractivity contribution in [2.75, 3.05) is 4.90 Å². The van der Waals surface area contributed by atoms with Gasteiger partial charge in [0.2, 0.25) is 0 Å². The number of benzene rings is 9. The van der Waals surface area contributed by atoms with Gasteiger partial charge in [0.15, 0.2) is 0 Å². The second kappa shape index (κ2) is 12.5. The minimum absolute atomic E-state index is 1.09. The van der Waals surface area contributed by atoms with E-state index in [9.17, 15) is 0 Å². The zero-order valence-corrected chi connectivity index (χ0v) is 28.5. The number of rotatable bonds is 6. The van der Waals surface area contributed by atoms with Crippen LogP contribution in [0.1, 0.15) is 0 Å². The van der Waals surface area contributed by atoms with Crippen LogP contribution in [0.15, 0.2) is 206 Å². The second-order valence-electron chi connectivity index (χ2n) is 13.4. The first-order valence-electron chi connectivity index (χ1n) is 17.9. The van der Waals surface area contributed by atoms with E-state index in [2.05, 4.69) is 216 Å². The number of fused-ring (bicyclic) bond motifs is 6. The van der Waals surface area contributed by atoms with Crippen LogP contribution in [0.25, 0.3) is 71.3 Å². The molecule has 10 aromatic rings. The lowest BCUT2D eigenvalue weighted by Gasteiger charge is -2.28. The minimum atomic E-state index is 1.09. The Labute approximate surface area is 303 Å². The summed E-state index contributed by atoms with van der Waals surface area (Å²) in [6.07, 6.45) is 0. The predicted octanol–water partition coefficient (Wildman–Crippen LogP) is 13.9. The maximum absolute atomic E-state index is 2.43. The monoisotopic (exact) mass is 662 g/mol. The molecule has 52 heavy (non-hydrogen) atoms. The van der Waals surface area contributed by atoms with E-state index in [1.165, 1.54) is 65.6 Å². The Kier molecular flexibility index (Phi) is 7.18. The van der Waals surface area contributed by atoms with Gasteiger partial charge in [-0.2, -0.15) is 0 Å². The van der Waals surface area contributed by atoms with Crippen LogP contribution in [-0.4, -0.2) is 4.57 Å². The smallest absolute Gasteiger partial charge is 0.0619 e. The van der Waals surface area contributed by atoms with Gasteiger partial charge in [0.05, 0.1) is 16.7 Å². The van der Waals surface area contributed by atoms with Crippen LogP contribution in [0.2, 0.25) is 0 Å². The summed E-state index contributed by atoms with van der Waals surface area (Å²) in [6, 6.07) is 74.7. The largest absolute Gasteiger partial charge is 0.310 e. The summed E-state index contributed by atoms with van der Waals surface area (Å²) in [7, 11) is 0. The van der Waals surface area contributed by atoms with Crippen molar-refractivity contribution in [1.82, 2.24) is 4.57 Å². The number of hydrogen-bond donors (Lipinski definition) is 0. The van der Waals surface area contributed by atoms with Crippen molar-refractivity contribution in [1.29, 1.82) is 0 Å². The summed E-state index contributed by atoms with van der Waals surface area (Å²) < 4.78 is 2.43. The lowest BCUT2D eigenvalue weighted by atomic mass is 10.00. The van der Waals surface area contributed by atoms with Gasteiger partial charge >= 0.3 is 0 Å². The molecule has 0 aliphatic heterocycles. The third kappa shape index (κ3) is 5.04. The van der Waals surface area contributed by atoms with E-state index < -0.39 is 0 Å². The summed E-state index contributed by atoms with van der Waals surface area (Å²) in [4.78, 5) is 2.39. The van der Waals surface area contributed by atoms with E-state index in [0.717, 1.165) is 22.7 Å². The fourth-order valence-electron chi connectivity index (χ4n) is 7.88. The van der Waals surface area contributed by atoms with E-state index in [4.69, 9.17) is 0 Å². The molecule has 0 N–H and O–H groups in total. The molecule has 0 radical (unpaired) electrons. The molecule has 0 aliphatic rings. The molecule has 0 bridgehead atoms. The van der Waals surface area contributed by atoms with Crippen LogP contribution < -0.4 is 4.90 Å². The average molecular weight is 663 g/mol. The van der Waals surface area contributed by atoms with E-state index in [-0.39, 0.29) is 0 Å². The van der Waals surface area contributed by atoms with Gasteiger partial charge in [-0.05, 0) is 87.4 Å². The molecule has 0 fully saturated rings. The molecular formula is C50H34N2. The first kappa shape index (κ1) is 30.0. The third-order valence-electron chi connectivity index (χ3n) is 10.4. The molecule has 1 aromatic heterocycles. The van der Waals surface area contributed by atoms with Crippen LogP contribution in [-0.2, 0) is 0 Å². The van der Waals surface area contributed by atoms with Crippen LogP contribution in [0.4, 0.5) is 17.1 Å². The van der Waals surface area contributed by atoms with Gasteiger partial charge in [0, 0.05) is 38.8 Å². The standard InChI is InChI=1S/C50H34N2/c1-2-13-37(14-3-1)44-17-8-10-20-48(44)51(41-27-24-36(25-28-41)40-23-22-35-12-4-5-16-39(35)34-40)42-29-31-43(32-30-42)52-49-21-11-9-19-46(49)47-33-26-38-15-6-7-18-45(38)50(47)52/h1-34H. The van der Waals surface area contributed by atoms with Crippen LogP contribution in [0.5, 0.6) is 0 Å². The Bertz CT molecular complexity index is 2880. The van der Waals surface area contributed by atoms with Gasteiger partial charge in [0.25, 0.3) is 0 Å². The van der Waals surface area contributed by atoms with E-state index in [1.54, 1.807) is 0 Å². The minimum Gasteiger partial charge on any atom is -0.310 e. The Hall–Kier alpha value is -6.90.